The summed E-state index contributed by atoms with van der Waals surface area (Å²) < 4.78 is 51.3. The van der Waals surface area contributed by atoms with Crippen LogP contribution in [0.25, 0.3) is 5.57 Å². The van der Waals surface area contributed by atoms with Crippen LogP contribution in [0.5, 0.6) is 0 Å². The van der Waals surface area contributed by atoms with E-state index in [1.165, 1.54) is 6.07 Å². The summed E-state index contributed by atoms with van der Waals surface area (Å²) in [5.74, 6) is -1.19. The molecular formula is C15H15F4N. The molecule has 1 aromatic carbocycles. The quantitative estimate of drug-likeness (QED) is 0.765. The van der Waals surface area contributed by atoms with Crippen LogP contribution < -0.4 is 5.32 Å². The maximum Gasteiger partial charge on any atom is 0.419 e. The molecule has 1 fully saturated rings. The van der Waals surface area contributed by atoms with E-state index in [0.717, 1.165) is 43.4 Å². The van der Waals surface area contributed by atoms with Crippen LogP contribution in [0.3, 0.4) is 0 Å². The summed E-state index contributed by atoms with van der Waals surface area (Å²) in [7, 11) is 0. The lowest BCUT2D eigenvalue weighted by Gasteiger charge is -2.35. The second kappa shape index (κ2) is 4.88. The molecule has 3 rings (SSSR count). The Kier molecular flexibility index (Phi) is 3.32. The Morgan fingerprint density at radius 2 is 1.95 bits per heavy atom. The fourth-order valence-corrected chi connectivity index (χ4v) is 3.08. The monoisotopic (exact) mass is 285 g/mol. The molecule has 0 radical (unpaired) electrons. The second-order valence-electron chi connectivity index (χ2n) is 5.49. The zero-order valence-electron chi connectivity index (χ0n) is 10.8. The molecule has 108 valence electrons. The Balaban J connectivity index is 1.92. The average Bonchev–Trinajstić information content (AvgIpc) is 2.36. The highest BCUT2D eigenvalue weighted by Crippen LogP contribution is 2.35. The number of nitrogens with one attached hydrogen (secondary N) is 1. The summed E-state index contributed by atoms with van der Waals surface area (Å²) in [5, 5.41) is 3.45. The van der Waals surface area contributed by atoms with Crippen LogP contribution in [0.4, 0.5) is 17.6 Å². The largest absolute Gasteiger partial charge is 0.419 e. The summed E-state index contributed by atoms with van der Waals surface area (Å²) in [6.07, 6.45) is 1.40. The standard InChI is InChI=1S/C15H15F4N/c16-14-8-9(4-5-13(14)15(17,18)19)10-6-11-2-1-3-12(7-10)20-11/h4-6,8,11-12,20H,1-3,7H2. The first-order chi connectivity index (χ1) is 9.43. The van der Waals surface area contributed by atoms with Crippen molar-refractivity contribution in [1.82, 2.24) is 5.32 Å². The van der Waals surface area contributed by atoms with Crippen LogP contribution >= 0.6 is 0 Å². The summed E-state index contributed by atoms with van der Waals surface area (Å²) >= 11 is 0. The SMILES string of the molecule is Fc1cc(C2=CC3CCCC(C2)N3)ccc1C(F)(F)F. The van der Waals surface area contributed by atoms with Crippen molar-refractivity contribution >= 4 is 5.57 Å². The predicted molar refractivity (Wildman–Crippen MR) is 68.6 cm³/mol. The molecule has 0 aromatic heterocycles. The van der Waals surface area contributed by atoms with Gasteiger partial charge in [-0.1, -0.05) is 18.6 Å². The first-order valence-electron chi connectivity index (χ1n) is 6.77. The topological polar surface area (TPSA) is 12.0 Å². The normalized spacial score (nSPS) is 26.3. The molecule has 0 aliphatic carbocycles. The van der Waals surface area contributed by atoms with Gasteiger partial charge >= 0.3 is 6.18 Å². The summed E-state index contributed by atoms with van der Waals surface area (Å²) in [4.78, 5) is 0. The molecule has 0 amide bonds. The molecule has 0 spiro atoms. The number of alkyl halides is 3. The molecule has 1 nitrogen and oxygen atoms in total. The molecule has 2 atom stereocenters. The molecule has 0 saturated carbocycles. The maximum absolute atomic E-state index is 13.6. The van der Waals surface area contributed by atoms with E-state index >= 15 is 0 Å². The van der Waals surface area contributed by atoms with Crippen molar-refractivity contribution < 1.29 is 17.6 Å². The van der Waals surface area contributed by atoms with Gasteiger partial charge in [0.2, 0.25) is 0 Å². The molecular weight excluding hydrogens is 270 g/mol. The third kappa shape index (κ3) is 2.59. The van der Waals surface area contributed by atoms with Crippen molar-refractivity contribution in [3.05, 3.63) is 41.2 Å². The number of piperidine rings is 1. The van der Waals surface area contributed by atoms with Crippen molar-refractivity contribution in [2.45, 2.75) is 43.9 Å². The van der Waals surface area contributed by atoms with Gasteiger partial charge in [-0.15, -0.1) is 0 Å². The van der Waals surface area contributed by atoms with Gasteiger partial charge < -0.3 is 5.32 Å². The van der Waals surface area contributed by atoms with E-state index in [2.05, 4.69) is 5.32 Å². The highest BCUT2D eigenvalue weighted by molar-refractivity contribution is 5.68. The predicted octanol–water partition coefficient (Wildman–Crippen LogP) is 4.14. The second-order valence-corrected chi connectivity index (χ2v) is 5.49. The summed E-state index contributed by atoms with van der Waals surface area (Å²) in [6.45, 7) is 0. The summed E-state index contributed by atoms with van der Waals surface area (Å²) in [5.41, 5.74) is 0.316. The number of hydrogen-bond acceptors (Lipinski definition) is 1. The Morgan fingerprint density at radius 1 is 1.15 bits per heavy atom. The lowest BCUT2D eigenvalue weighted by Crippen LogP contribution is -2.44. The maximum atomic E-state index is 13.6. The zero-order valence-corrected chi connectivity index (χ0v) is 10.8. The van der Waals surface area contributed by atoms with E-state index in [0.29, 0.717) is 11.6 Å². The van der Waals surface area contributed by atoms with Gasteiger partial charge in [0.1, 0.15) is 5.82 Å². The van der Waals surface area contributed by atoms with E-state index in [1.54, 1.807) is 0 Å². The van der Waals surface area contributed by atoms with Gasteiger partial charge in [-0.2, -0.15) is 13.2 Å². The lowest BCUT2D eigenvalue weighted by atomic mass is 9.84. The van der Waals surface area contributed by atoms with Gasteiger partial charge in [-0.25, -0.2) is 4.39 Å². The van der Waals surface area contributed by atoms with Gasteiger partial charge in [0.25, 0.3) is 0 Å². The molecule has 2 heterocycles. The van der Waals surface area contributed by atoms with Gasteiger partial charge in [0.05, 0.1) is 5.56 Å². The van der Waals surface area contributed by atoms with E-state index in [-0.39, 0.29) is 6.04 Å². The van der Waals surface area contributed by atoms with Crippen molar-refractivity contribution in [3.8, 4) is 0 Å². The fourth-order valence-electron chi connectivity index (χ4n) is 3.08. The third-order valence-electron chi connectivity index (χ3n) is 4.03. The van der Waals surface area contributed by atoms with E-state index in [4.69, 9.17) is 0 Å². The molecule has 5 heteroatoms. The number of rotatable bonds is 1. The minimum Gasteiger partial charge on any atom is -0.307 e. The molecule has 2 aliphatic heterocycles. The number of halogens is 4. The minimum atomic E-state index is -4.64. The molecule has 2 aliphatic rings. The third-order valence-corrected chi connectivity index (χ3v) is 4.03. The minimum absolute atomic E-state index is 0.267. The van der Waals surface area contributed by atoms with Crippen molar-refractivity contribution in [2.24, 2.45) is 0 Å². The number of fused-ring (bicyclic) bond motifs is 2. The smallest absolute Gasteiger partial charge is 0.307 e. The molecule has 1 aromatic rings. The number of benzene rings is 1. The molecule has 20 heavy (non-hydrogen) atoms. The summed E-state index contributed by atoms with van der Waals surface area (Å²) in [6, 6.07) is 3.85. The zero-order chi connectivity index (χ0) is 14.3. The average molecular weight is 285 g/mol. The highest BCUT2D eigenvalue weighted by Gasteiger charge is 2.34. The van der Waals surface area contributed by atoms with Crippen LogP contribution in [-0.4, -0.2) is 12.1 Å². The number of hydrogen-bond donors (Lipinski definition) is 1. The van der Waals surface area contributed by atoms with Crippen LogP contribution in [0.1, 0.15) is 36.8 Å². The van der Waals surface area contributed by atoms with Crippen molar-refractivity contribution in [1.29, 1.82) is 0 Å². The van der Waals surface area contributed by atoms with Crippen LogP contribution in [0.15, 0.2) is 24.3 Å². The van der Waals surface area contributed by atoms with Crippen LogP contribution in [0, 0.1) is 5.82 Å². The molecule has 1 saturated heterocycles. The van der Waals surface area contributed by atoms with E-state index in [1.807, 2.05) is 6.08 Å². The highest BCUT2D eigenvalue weighted by atomic mass is 19.4. The Hall–Kier alpha value is -1.36. The molecule has 1 N–H and O–H groups in total. The van der Waals surface area contributed by atoms with Gasteiger partial charge in [-0.3, -0.25) is 0 Å². The van der Waals surface area contributed by atoms with Crippen LogP contribution in [0.2, 0.25) is 0 Å². The van der Waals surface area contributed by atoms with Gasteiger partial charge in [-0.05, 0) is 42.5 Å². The van der Waals surface area contributed by atoms with Crippen molar-refractivity contribution in [3.63, 3.8) is 0 Å². The Labute approximate surface area is 114 Å². The Bertz CT molecular complexity index is 547. The van der Waals surface area contributed by atoms with E-state index < -0.39 is 17.6 Å². The van der Waals surface area contributed by atoms with Gasteiger partial charge in [0, 0.05) is 12.1 Å². The first-order valence-corrected chi connectivity index (χ1v) is 6.77. The van der Waals surface area contributed by atoms with Crippen LogP contribution in [-0.2, 0) is 6.18 Å². The lowest BCUT2D eigenvalue weighted by molar-refractivity contribution is -0.140. The Morgan fingerprint density at radius 3 is 2.60 bits per heavy atom. The fraction of sp³-hybridized carbons (Fsp3) is 0.467. The molecule has 2 unspecified atom stereocenters. The van der Waals surface area contributed by atoms with Crippen molar-refractivity contribution in [2.75, 3.05) is 0 Å². The first kappa shape index (κ1) is 13.6. The van der Waals surface area contributed by atoms with E-state index in [9.17, 15) is 17.6 Å². The molecule has 2 bridgehead atoms. The van der Waals surface area contributed by atoms with Gasteiger partial charge in [0.15, 0.2) is 0 Å².